The highest BCUT2D eigenvalue weighted by atomic mass is 16.4. The van der Waals surface area contributed by atoms with Crippen molar-refractivity contribution < 1.29 is 9.90 Å². The Bertz CT molecular complexity index is 481. The molecule has 0 bridgehead atoms. The Hall–Kier alpha value is -1.43. The van der Waals surface area contributed by atoms with Gasteiger partial charge in [0.15, 0.2) is 5.69 Å². The number of nitrogens with zero attached hydrogens (tertiary/aromatic N) is 4. The summed E-state index contributed by atoms with van der Waals surface area (Å²) in [7, 11) is 0. The SMILES string of the molecule is CCC1CCCC(N2CC(n3cc(C(=O)O)nn3)C2)C1. The van der Waals surface area contributed by atoms with E-state index in [4.69, 9.17) is 5.11 Å². The van der Waals surface area contributed by atoms with Crippen molar-refractivity contribution in [2.45, 2.75) is 51.1 Å². The molecule has 2 heterocycles. The third kappa shape index (κ3) is 2.57. The van der Waals surface area contributed by atoms with Crippen LogP contribution in [0, 0.1) is 5.92 Å². The van der Waals surface area contributed by atoms with Crippen molar-refractivity contribution in [2.75, 3.05) is 13.1 Å². The monoisotopic (exact) mass is 278 g/mol. The molecule has 0 spiro atoms. The van der Waals surface area contributed by atoms with Crippen LogP contribution in [0.15, 0.2) is 6.20 Å². The van der Waals surface area contributed by atoms with Gasteiger partial charge in [0.05, 0.1) is 12.2 Å². The third-order valence-electron chi connectivity index (χ3n) is 4.84. The minimum Gasteiger partial charge on any atom is -0.476 e. The molecule has 20 heavy (non-hydrogen) atoms. The maximum atomic E-state index is 10.8. The Morgan fingerprint density at radius 3 is 2.85 bits per heavy atom. The van der Waals surface area contributed by atoms with Crippen LogP contribution >= 0.6 is 0 Å². The number of aromatic nitrogens is 3. The van der Waals surface area contributed by atoms with Gasteiger partial charge in [-0.1, -0.05) is 31.4 Å². The van der Waals surface area contributed by atoms with Crippen LogP contribution in [-0.2, 0) is 0 Å². The van der Waals surface area contributed by atoms with Gasteiger partial charge >= 0.3 is 5.97 Å². The van der Waals surface area contributed by atoms with E-state index in [-0.39, 0.29) is 11.7 Å². The number of hydrogen-bond donors (Lipinski definition) is 1. The molecule has 1 N–H and O–H groups in total. The lowest BCUT2D eigenvalue weighted by molar-refractivity contribution is 0.0239. The fourth-order valence-corrected chi connectivity index (χ4v) is 3.47. The molecular weight excluding hydrogens is 256 g/mol. The minimum atomic E-state index is -1.01. The van der Waals surface area contributed by atoms with Gasteiger partial charge in [0.2, 0.25) is 0 Å². The highest BCUT2D eigenvalue weighted by Crippen LogP contribution is 2.34. The number of rotatable bonds is 4. The van der Waals surface area contributed by atoms with Crippen molar-refractivity contribution in [3.63, 3.8) is 0 Å². The number of likely N-dealkylation sites (tertiary alicyclic amines) is 1. The zero-order valence-electron chi connectivity index (χ0n) is 11.9. The Morgan fingerprint density at radius 2 is 2.20 bits per heavy atom. The van der Waals surface area contributed by atoms with Crippen molar-refractivity contribution in [2.24, 2.45) is 5.92 Å². The van der Waals surface area contributed by atoms with Gasteiger partial charge in [0.1, 0.15) is 0 Å². The maximum absolute atomic E-state index is 10.8. The molecular formula is C14H22N4O2. The minimum absolute atomic E-state index is 0.0344. The molecule has 110 valence electrons. The highest BCUT2D eigenvalue weighted by molar-refractivity contribution is 5.84. The molecule has 1 saturated heterocycles. The van der Waals surface area contributed by atoms with E-state index in [1.807, 2.05) is 0 Å². The van der Waals surface area contributed by atoms with Crippen molar-refractivity contribution in [3.8, 4) is 0 Å². The second-order valence-corrected chi connectivity index (χ2v) is 6.09. The molecule has 1 aliphatic carbocycles. The maximum Gasteiger partial charge on any atom is 0.358 e. The first kappa shape index (κ1) is 13.5. The first-order valence-corrected chi connectivity index (χ1v) is 7.56. The summed E-state index contributed by atoms with van der Waals surface area (Å²) in [6, 6.07) is 1.00. The standard InChI is InChI=1S/C14H22N4O2/c1-2-10-4-3-5-11(6-10)17-7-12(8-17)18-9-13(14(19)20)15-16-18/h9-12H,2-8H2,1H3,(H,19,20). The fraction of sp³-hybridized carbons (Fsp3) is 0.786. The number of aromatic carboxylic acids is 1. The van der Waals surface area contributed by atoms with Crippen molar-refractivity contribution in [1.82, 2.24) is 19.9 Å². The van der Waals surface area contributed by atoms with Crippen LogP contribution in [0.2, 0.25) is 0 Å². The summed E-state index contributed by atoms with van der Waals surface area (Å²) in [4.78, 5) is 13.3. The lowest BCUT2D eigenvalue weighted by Crippen LogP contribution is -2.54. The summed E-state index contributed by atoms with van der Waals surface area (Å²) in [5, 5.41) is 16.5. The fourth-order valence-electron chi connectivity index (χ4n) is 3.47. The van der Waals surface area contributed by atoms with E-state index >= 15 is 0 Å². The van der Waals surface area contributed by atoms with Gasteiger partial charge in [0.25, 0.3) is 0 Å². The van der Waals surface area contributed by atoms with Crippen molar-refractivity contribution in [3.05, 3.63) is 11.9 Å². The Balaban J connectivity index is 1.54. The molecule has 2 aliphatic rings. The predicted octanol–water partition coefficient (Wildman–Crippen LogP) is 1.80. The van der Waals surface area contributed by atoms with E-state index in [2.05, 4.69) is 22.1 Å². The van der Waals surface area contributed by atoms with Gasteiger partial charge in [-0.15, -0.1) is 5.10 Å². The molecule has 2 fully saturated rings. The van der Waals surface area contributed by atoms with Gasteiger partial charge < -0.3 is 5.11 Å². The highest BCUT2D eigenvalue weighted by Gasteiger charge is 2.36. The molecule has 0 radical (unpaired) electrons. The van der Waals surface area contributed by atoms with Crippen LogP contribution < -0.4 is 0 Å². The Morgan fingerprint density at radius 1 is 1.40 bits per heavy atom. The lowest BCUT2D eigenvalue weighted by Gasteiger charge is -2.46. The average Bonchev–Trinajstić information content (AvgIpc) is 2.87. The molecule has 3 rings (SSSR count). The third-order valence-corrected chi connectivity index (χ3v) is 4.84. The molecule has 0 amide bonds. The van der Waals surface area contributed by atoms with E-state index in [0.717, 1.165) is 19.0 Å². The number of carboxylic acids is 1. The topological polar surface area (TPSA) is 71.2 Å². The quantitative estimate of drug-likeness (QED) is 0.909. The second kappa shape index (κ2) is 5.52. The molecule has 6 heteroatoms. The molecule has 2 unspecified atom stereocenters. The van der Waals surface area contributed by atoms with Crippen LogP contribution in [0.4, 0.5) is 0 Å². The molecule has 0 aromatic carbocycles. The summed E-state index contributed by atoms with van der Waals surface area (Å²) >= 11 is 0. The smallest absolute Gasteiger partial charge is 0.358 e. The Kier molecular flexibility index (Phi) is 3.74. The number of hydrogen-bond acceptors (Lipinski definition) is 4. The van der Waals surface area contributed by atoms with Crippen LogP contribution in [0.1, 0.15) is 55.6 Å². The second-order valence-electron chi connectivity index (χ2n) is 6.09. The summed E-state index contributed by atoms with van der Waals surface area (Å²) < 4.78 is 1.71. The zero-order valence-corrected chi connectivity index (χ0v) is 11.9. The summed E-state index contributed by atoms with van der Waals surface area (Å²) in [6.45, 7) is 4.24. The lowest BCUT2D eigenvalue weighted by atomic mass is 9.82. The van der Waals surface area contributed by atoms with Crippen LogP contribution in [0.5, 0.6) is 0 Å². The molecule has 6 nitrogen and oxygen atoms in total. The van der Waals surface area contributed by atoms with Gasteiger partial charge in [-0.05, 0) is 18.8 Å². The van der Waals surface area contributed by atoms with Crippen molar-refractivity contribution in [1.29, 1.82) is 0 Å². The van der Waals surface area contributed by atoms with Gasteiger partial charge in [-0.2, -0.15) is 0 Å². The summed E-state index contributed by atoms with van der Waals surface area (Å²) in [5.41, 5.74) is 0.0344. The summed E-state index contributed by atoms with van der Waals surface area (Å²) in [6.07, 6.45) is 8.19. The molecule has 1 aliphatic heterocycles. The van der Waals surface area contributed by atoms with Gasteiger partial charge in [-0.25, -0.2) is 9.48 Å². The first-order valence-electron chi connectivity index (χ1n) is 7.56. The van der Waals surface area contributed by atoms with E-state index in [1.165, 1.54) is 32.1 Å². The molecule has 1 aromatic rings. The normalized spacial score (nSPS) is 28.2. The van der Waals surface area contributed by atoms with Crippen LogP contribution in [0.3, 0.4) is 0 Å². The van der Waals surface area contributed by atoms with Gasteiger partial charge in [-0.3, -0.25) is 4.90 Å². The van der Waals surface area contributed by atoms with E-state index < -0.39 is 5.97 Å². The van der Waals surface area contributed by atoms with Crippen molar-refractivity contribution >= 4 is 5.97 Å². The number of carboxylic acid groups (broad SMARTS) is 1. The van der Waals surface area contributed by atoms with Crippen LogP contribution in [0.25, 0.3) is 0 Å². The first-order chi connectivity index (χ1) is 9.67. The molecule has 1 saturated carbocycles. The number of carbonyl (C=O) groups is 1. The Labute approximate surface area is 118 Å². The molecule has 2 atom stereocenters. The predicted molar refractivity (Wildman–Crippen MR) is 73.6 cm³/mol. The van der Waals surface area contributed by atoms with E-state index in [9.17, 15) is 4.79 Å². The zero-order chi connectivity index (χ0) is 14.1. The van der Waals surface area contributed by atoms with Crippen LogP contribution in [-0.4, -0.2) is 50.1 Å². The molecule has 1 aromatic heterocycles. The van der Waals surface area contributed by atoms with E-state index in [0.29, 0.717) is 6.04 Å². The van der Waals surface area contributed by atoms with E-state index in [1.54, 1.807) is 10.9 Å². The largest absolute Gasteiger partial charge is 0.476 e. The van der Waals surface area contributed by atoms with Gasteiger partial charge in [0, 0.05) is 19.1 Å². The summed E-state index contributed by atoms with van der Waals surface area (Å²) in [5.74, 6) is -0.122. The average molecular weight is 278 g/mol.